The molecular formula is C31H32N6O4. The Labute approximate surface area is 237 Å². The molecule has 3 heterocycles. The van der Waals surface area contributed by atoms with E-state index in [2.05, 4.69) is 20.6 Å². The van der Waals surface area contributed by atoms with Crippen molar-refractivity contribution in [1.29, 1.82) is 0 Å². The van der Waals surface area contributed by atoms with Crippen molar-refractivity contribution in [3.8, 4) is 11.5 Å². The van der Waals surface area contributed by atoms with Crippen molar-refractivity contribution >= 4 is 34.5 Å². The molecule has 0 atom stereocenters. The zero-order valence-corrected chi connectivity index (χ0v) is 22.9. The number of allylic oxidation sites excluding steroid dienone is 1. The largest absolute Gasteiger partial charge is 0.491 e. The lowest BCUT2D eigenvalue weighted by Gasteiger charge is -2.15. The van der Waals surface area contributed by atoms with Gasteiger partial charge in [0.05, 0.1) is 12.7 Å². The second-order valence-corrected chi connectivity index (χ2v) is 9.40. The van der Waals surface area contributed by atoms with Crippen molar-refractivity contribution in [2.75, 3.05) is 38.7 Å². The van der Waals surface area contributed by atoms with Crippen molar-refractivity contribution < 1.29 is 19.1 Å². The molecule has 10 nitrogen and oxygen atoms in total. The molecule has 0 fully saturated rings. The van der Waals surface area contributed by atoms with Gasteiger partial charge in [-0.3, -0.25) is 19.1 Å². The van der Waals surface area contributed by atoms with Gasteiger partial charge in [0.25, 0.3) is 5.91 Å². The van der Waals surface area contributed by atoms with Gasteiger partial charge in [-0.25, -0.2) is 4.98 Å². The fraction of sp³-hybridized carbons (Fsp3) is 0.258. The maximum Gasteiger partial charge on any atom is 0.281 e. The van der Waals surface area contributed by atoms with E-state index in [9.17, 15) is 9.59 Å². The van der Waals surface area contributed by atoms with E-state index in [0.29, 0.717) is 61.8 Å². The van der Waals surface area contributed by atoms with Crippen LogP contribution in [0.1, 0.15) is 28.8 Å². The topological polar surface area (TPSA) is 120 Å². The molecule has 0 saturated carbocycles. The number of pyridine rings is 1. The zero-order valence-electron chi connectivity index (χ0n) is 22.9. The first kappa shape index (κ1) is 27.7. The van der Waals surface area contributed by atoms with Gasteiger partial charge in [-0.1, -0.05) is 36.4 Å². The predicted octanol–water partition coefficient (Wildman–Crippen LogP) is 3.64. The fourth-order valence-electron chi connectivity index (χ4n) is 4.57. The third-order valence-electron chi connectivity index (χ3n) is 6.59. The minimum absolute atomic E-state index is 0.104. The highest BCUT2D eigenvalue weighted by atomic mass is 16.5. The highest BCUT2D eigenvalue weighted by Gasteiger charge is 2.21. The SMILES string of the molecule is COc1c(OCCNCCCC(=O)/C=C/c2ccccc2)ccc2c3n(c(=NC(=O)c4cccnc4)nc12)CCN3. The Morgan fingerprint density at radius 2 is 2.00 bits per heavy atom. The van der Waals surface area contributed by atoms with E-state index in [-0.39, 0.29) is 11.4 Å². The number of nitrogens with one attached hydrogen (secondary N) is 2. The lowest BCUT2D eigenvalue weighted by Crippen LogP contribution is -2.25. The average molecular weight is 553 g/mol. The normalized spacial score (nSPS) is 12.9. The molecule has 0 bridgehead atoms. The molecule has 0 aliphatic carbocycles. The van der Waals surface area contributed by atoms with Crippen LogP contribution >= 0.6 is 0 Å². The van der Waals surface area contributed by atoms with Gasteiger partial charge in [-0.05, 0) is 48.9 Å². The molecule has 1 amide bonds. The molecule has 1 aliphatic rings. The highest BCUT2D eigenvalue weighted by Crippen LogP contribution is 2.37. The molecule has 2 N–H and O–H groups in total. The number of methoxy groups -OCH3 is 1. The molecule has 0 spiro atoms. The molecule has 1 aliphatic heterocycles. The Hall–Kier alpha value is -4.83. The average Bonchev–Trinajstić information content (AvgIpc) is 3.51. The maximum atomic E-state index is 12.8. The van der Waals surface area contributed by atoms with E-state index in [4.69, 9.17) is 14.5 Å². The number of rotatable bonds is 12. The van der Waals surface area contributed by atoms with Gasteiger partial charge in [0.1, 0.15) is 17.9 Å². The van der Waals surface area contributed by atoms with Crippen LogP contribution in [0.5, 0.6) is 11.5 Å². The van der Waals surface area contributed by atoms with Gasteiger partial charge in [0, 0.05) is 43.8 Å². The molecule has 5 rings (SSSR count). The van der Waals surface area contributed by atoms with E-state index >= 15 is 0 Å². The van der Waals surface area contributed by atoms with E-state index < -0.39 is 5.91 Å². The Morgan fingerprint density at radius 3 is 2.80 bits per heavy atom. The summed E-state index contributed by atoms with van der Waals surface area (Å²) in [4.78, 5) is 37.9. The Morgan fingerprint density at radius 1 is 1.12 bits per heavy atom. The second-order valence-electron chi connectivity index (χ2n) is 9.40. The van der Waals surface area contributed by atoms with E-state index in [1.165, 1.54) is 6.20 Å². The Kier molecular flexibility index (Phi) is 9.12. The fourth-order valence-corrected chi connectivity index (χ4v) is 4.57. The number of hydrogen-bond acceptors (Lipinski definition) is 8. The molecule has 0 saturated heterocycles. The van der Waals surface area contributed by atoms with Crippen LogP contribution in [0.15, 0.2) is 78.1 Å². The standard InChI is InChI=1S/C31H32N6O4/c1-40-28-26(41-20-18-32-15-6-10-24(38)12-11-22-7-3-2-4-8-22)14-13-25-27(28)35-31(37-19-17-34-29(25)37)36-30(39)23-9-5-16-33-21-23/h2-5,7-9,11-14,16,21,32,34H,6,10,15,17-20H2,1H3/b12-11+,36-31?. The summed E-state index contributed by atoms with van der Waals surface area (Å²) in [5, 5.41) is 7.53. The third-order valence-corrected chi connectivity index (χ3v) is 6.59. The van der Waals surface area contributed by atoms with Crippen molar-refractivity contribution in [2.24, 2.45) is 4.99 Å². The van der Waals surface area contributed by atoms with Crippen LogP contribution in [-0.4, -0.2) is 59.6 Å². The van der Waals surface area contributed by atoms with Crippen LogP contribution in [0, 0.1) is 0 Å². The lowest BCUT2D eigenvalue weighted by atomic mass is 10.1. The first-order valence-electron chi connectivity index (χ1n) is 13.6. The summed E-state index contributed by atoms with van der Waals surface area (Å²) in [5.74, 6) is 1.53. The molecule has 0 unspecified atom stereocenters. The number of ketones is 1. The number of anilines is 1. The van der Waals surface area contributed by atoms with Crippen molar-refractivity contribution in [3.63, 3.8) is 0 Å². The van der Waals surface area contributed by atoms with Gasteiger partial charge >= 0.3 is 0 Å². The Balaban J connectivity index is 1.20. The van der Waals surface area contributed by atoms with Crippen LogP contribution < -0.4 is 25.7 Å². The van der Waals surface area contributed by atoms with Crippen LogP contribution in [0.4, 0.5) is 5.82 Å². The van der Waals surface area contributed by atoms with E-state index in [1.54, 1.807) is 31.5 Å². The van der Waals surface area contributed by atoms with Gasteiger partial charge in [0.2, 0.25) is 5.62 Å². The Bertz CT molecular complexity index is 1620. The molecule has 10 heteroatoms. The summed E-state index contributed by atoms with van der Waals surface area (Å²) in [6, 6.07) is 16.9. The number of nitrogens with zero attached hydrogens (tertiary/aromatic N) is 4. The van der Waals surface area contributed by atoms with Crippen LogP contribution in [-0.2, 0) is 11.3 Å². The second kappa shape index (κ2) is 13.5. The number of ether oxygens (including phenoxy) is 2. The van der Waals surface area contributed by atoms with Crippen molar-refractivity contribution in [1.82, 2.24) is 19.9 Å². The summed E-state index contributed by atoms with van der Waals surface area (Å²) >= 11 is 0. The smallest absolute Gasteiger partial charge is 0.281 e. The summed E-state index contributed by atoms with van der Waals surface area (Å²) in [5.41, 5.74) is 2.24. The van der Waals surface area contributed by atoms with Crippen LogP contribution in [0.3, 0.4) is 0 Å². The van der Waals surface area contributed by atoms with Crippen molar-refractivity contribution in [2.45, 2.75) is 19.4 Å². The molecular weight excluding hydrogens is 520 g/mol. The first-order chi connectivity index (χ1) is 20.1. The minimum Gasteiger partial charge on any atom is -0.491 e. The van der Waals surface area contributed by atoms with Gasteiger partial charge < -0.3 is 20.1 Å². The van der Waals surface area contributed by atoms with E-state index in [1.807, 2.05) is 53.1 Å². The number of carbonyl (C=O) groups is 2. The number of amides is 1. The van der Waals surface area contributed by atoms with Gasteiger partial charge in [-0.2, -0.15) is 4.99 Å². The quantitative estimate of drug-likeness (QED) is 0.202. The van der Waals surface area contributed by atoms with Gasteiger partial charge in [-0.15, -0.1) is 0 Å². The minimum atomic E-state index is -0.419. The maximum absolute atomic E-state index is 12.8. The van der Waals surface area contributed by atoms with E-state index in [0.717, 1.165) is 23.2 Å². The molecule has 4 aromatic rings. The summed E-state index contributed by atoms with van der Waals surface area (Å²) in [7, 11) is 1.57. The van der Waals surface area contributed by atoms with Crippen molar-refractivity contribution in [3.05, 3.63) is 89.8 Å². The number of carbonyl (C=O) groups excluding carboxylic acids is 2. The molecule has 210 valence electrons. The number of aromatic nitrogens is 3. The molecule has 0 radical (unpaired) electrons. The van der Waals surface area contributed by atoms with Gasteiger partial charge in [0.15, 0.2) is 17.3 Å². The van der Waals surface area contributed by atoms with Crippen LogP contribution in [0.2, 0.25) is 0 Å². The zero-order chi connectivity index (χ0) is 28.4. The summed E-state index contributed by atoms with van der Waals surface area (Å²) in [6.45, 7) is 3.04. The van der Waals surface area contributed by atoms with Crippen LogP contribution in [0.25, 0.3) is 17.0 Å². The molecule has 2 aromatic heterocycles. The lowest BCUT2D eigenvalue weighted by molar-refractivity contribution is -0.114. The monoisotopic (exact) mass is 552 g/mol. The highest BCUT2D eigenvalue weighted by molar-refractivity contribution is 5.96. The first-order valence-corrected chi connectivity index (χ1v) is 13.6. The molecule has 2 aromatic carbocycles. The third kappa shape index (κ3) is 6.85. The molecule has 41 heavy (non-hydrogen) atoms. The predicted molar refractivity (Wildman–Crippen MR) is 157 cm³/mol. The number of fused-ring (bicyclic) bond motifs is 3. The summed E-state index contributed by atoms with van der Waals surface area (Å²) < 4.78 is 13.6. The summed E-state index contributed by atoms with van der Waals surface area (Å²) in [6.07, 6.45) is 7.78. The number of benzene rings is 2. The number of hydrogen-bond donors (Lipinski definition) is 2.